The Bertz CT molecular complexity index is 1340. The Labute approximate surface area is 202 Å². The van der Waals surface area contributed by atoms with Crippen LogP contribution >= 0.6 is 0 Å². The van der Waals surface area contributed by atoms with E-state index in [1.807, 2.05) is 13.0 Å². The molecule has 0 spiro atoms. The van der Waals surface area contributed by atoms with E-state index in [1.54, 1.807) is 29.7 Å². The molecule has 182 valence electrons. The number of ketones is 1. The molecule has 1 unspecified atom stereocenters. The van der Waals surface area contributed by atoms with Crippen LogP contribution in [0.4, 0.5) is 4.39 Å². The zero-order valence-corrected chi connectivity index (χ0v) is 19.7. The number of benzene rings is 1. The van der Waals surface area contributed by atoms with Crippen LogP contribution < -0.4 is 10.0 Å². The second kappa shape index (κ2) is 9.24. The molecule has 4 heterocycles. The molecule has 0 radical (unpaired) electrons. The largest absolute Gasteiger partial charge is 0.871 e. The van der Waals surface area contributed by atoms with Gasteiger partial charge in [-0.25, -0.2) is 9.37 Å². The first-order valence-corrected chi connectivity index (χ1v) is 11.7. The number of aryl methyl sites for hydroxylation is 2. The maximum Gasteiger partial charge on any atom is 0.295 e. The van der Waals surface area contributed by atoms with Crippen molar-refractivity contribution in [3.8, 4) is 0 Å². The van der Waals surface area contributed by atoms with Crippen molar-refractivity contribution in [3.05, 3.63) is 76.5 Å². The number of fused-ring (bicyclic) bond motifs is 1. The molecule has 2 aromatic heterocycles. The van der Waals surface area contributed by atoms with Gasteiger partial charge in [0.1, 0.15) is 24.6 Å². The number of rotatable bonds is 5. The molecule has 1 amide bonds. The summed E-state index contributed by atoms with van der Waals surface area (Å²) >= 11 is 0. The van der Waals surface area contributed by atoms with Gasteiger partial charge >= 0.3 is 0 Å². The number of nitrogens with zero attached hydrogens (tertiary/aromatic N) is 3. The molecule has 2 saturated heterocycles. The molecule has 1 N–H and O–H groups in total. The first-order chi connectivity index (χ1) is 16.9. The molecule has 1 atom stereocenters. The van der Waals surface area contributed by atoms with Crippen molar-refractivity contribution in [2.24, 2.45) is 0 Å². The van der Waals surface area contributed by atoms with E-state index in [0.29, 0.717) is 36.7 Å². The predicted molar refractivity (Wildman–Crippen MR) is 124 cm³/mol. The number of carbonyl (C=O) groups excluding carboxylic acids is 2. The molecule has 2 aliphatic rings. The molecule has 3 aromatic rings. The Hall–Kier alpha value is -3.56. The van der Waals surface area contributed by atoms with Gasteiger partial charge < -0.3 is 24.0 Å². The number of imidazole rings is 1. The van der Waals surface area contributed by atoms with Crippen LogP contribution in [0.3, 0.4) is 0 Å². The number of likely N-dealkylation sites (tertiary alicyclic amines) is 1. The Kier molecular flexibility index (Phi) is 6.12. The van der Waals surface area contributed by atoms with E-state index in [1.165, 1.54) is 28.0 Å². The molecule has 1 aromatic carbocycles. The van der Waals surface area contributed by atoms with Gasteiger partial charge in [-0.1, -0.05) is 24.0 Å². The highest BCUT2D eigenvalue weighted by atomic mass is 19.1. The molecule has 2 fully saturated rings. The summed E-state index contributed by atoms with van der Waals surface area (Å²) in [6, 6.07) is 8.47. The molecule has 0 aliphatic carbocycles. The van der Waals surface area contributed by atoms with Gasteiger partial charge in [-0.3, -0.25) is 9.59 Å². The highest BCUT2D eigenvalue weighted by molar-refractivity contribution is 6.46. The van der Waals surface area contributed by atoms with Gasteiger partial charge in [0.05, 0.1) is 43.7 Å². The number of hydrogen-bond donors (Lipinski definition) is 1. The van der Waals surface area contributed by atoms with Crippen LogP contribution in [0.15, 0.2) is 48.2 Å². The maximum atomic E-state index is 14.2. The molecule has 2 aliphatic heterocycles. The van der Waals surface area contributed by atoms with Crippen molar-refractivity contribution in [1.82, 2.24) is 14.3 Å². The number of nitrogens with one attached hydrogen (secondary N) is 1. The third kappa shape index (κ3) is 4.11. The van der Waals surface area contributed by atoms with Crippen LogP contribution in [0.2, 0.25) is 0 Å². The van der Waals surface area contributed by atoms with Crippen LogP contribution in [0.1, 0.15) is 28.6 Å². The number of hydrogen-bond acceptors (Lipinski definition) is 5. The van der Waals surface area contributed by atoms with Crippen LogP contribution in [0, 0.1) is 19.7 Å². The highest BCUT2D eigenvalue weighted by Crippen LogP contribution is 2.39. The van der Waals surface area contributed by atoms with Gasteiger partial charge in [-0.2, -0.15) is 0 Å². The summed E-state index contributed by atoms with van der Waals surface area (Å²) in [5.74, 6) is -2.64. The van der Waals surface area contributed by atoms with Gasteiger partial charge in [0, 0.05) is 11.8 Å². The normalized spacial score (nSPS) is 20.8. The lowest BCUT2D eigenvalue weighted by Gasteiger charge is -2.30. The van der Waals surface area contributed by atoms with Crippen molar-refractivity contribution < 1.29 is 28.7 Å². The lowest BCUT2D eigenvalue weighted by molar-refractivity contribution is -0.907. The standard InChI is InChI=1S/C26H27FN4O4/c1-16-5-4-8-30-21(17(2)28-25(16)30)23(32)20-22(18-6-3-7-19(27)15-18)31(26(34)24(20)33)10-9-29-11-13-35-14-12-29/h3-8,15,22,32H,9-14H2,1-2H3. The maximum absolute atomic E-state index is 14.2. The monoisotopic (exact) mass is 478 g/mol. The van der Waals surface area contributed by atoms with E-state index in [2.05, 4.69) is 4.98 Å². The van der Waals surface area contributed by atoms with E-state index in [9.17, 15) is 19.1 Å². The molecule has 0 saturated carbocycles. The number of aromatic nitrogens is 2. The Morgan fingerprint density at radius 1 is 1.20 bits per heavy atom. The molecule has 8 nitrogen and oxygen atoms in total. The average Bonchev–Trinajstić information content (AvgIpc) is 3.32. The van der Waals surface area contributed by atoms with Crippen molar-refractivity contribution in [2.75, 3.05) is 39.4 Å². The number of pyridine rings is 1. The fraction of sp³-hybridized carbons (Fsp3) is 0.346. The molecular weight excluding hydrogens is 451 g/mol. The number of quaternary nitrogens is 1. The van der Waals surface area contributed by atoms with Crippen LogP contribution in [0.5, 0.6) is 0 Å². The summed E-state index contributed by atoms with van der Waals surface area (Å²) < 4.78 is 21.3. The van der Waals surface area contributed by atoms with Crippen molar-refractivity contribution in [1.29, 1.82) is 0 Å². The second-order valence-corrected chi connectivity index (χ2v) is 9.07. The average molecular weight is 479 g/mol. The third-order valence-corrected chi connectivity index (χ3v) is 6.83. The van der Waals surface area contributed by atoms with E-state index < -0.39 is 29.3 Å². The van der Waals surface area contributed by atoms with E-state index in [4.69, 9.17) is 4.74 Å². The van der Waals surface area contributed by atoms with Crippen molar-refractivity contribution in [3.63, 3.8) is 0 Å². The van der Waals surface area contributed by atoms with Gasteiger partial charge in [-0.05, 0) is 43.2 Å². The summed E-state index contributed by atoms with van der Waals surface area (Å²) in [6.45, 7) is 7.34. The lowest BCUT2D eigenvalue weighted by Crippen LogP contribution is -3.14. The lowest BCUT2D eigenvalue weighted by atomic mass is 9.96. The smallest absolute Gasteiger partial charge is 0.295 e. The number of Topliss-reactive ketones (excluding diaryl/α,β-unsaturated/α-hetero) is 1. The van der Waals surface area contributed by atoms with E-state index in [-0.39, 0.29) is 17.8 Å². The molecule has 9 heteroatoms. The van der Waals surface area contributed by atoms with E-state index in [0.717, 1.165) is 18.7 Å². The number of ether oxygens (including phenoxy) is 1. The van der Waals surface area contributed by atoms with Gasteiger partial charge in [-0.15, -0.1) is 0 Å². The first kappa shape index (κ1) is 23.2. The van der Waals surface area contributed by atoms with Gasteiger partial charge in [0.25, 0.3) is 5.91 Å². The van der Waals surface area contributed by atoms with Gasteiger partial charge in [0.15, 0.2) is 0 Å². The molecule has 35 heavy (non-hydrogen) atoms. The van der Waals surface area contributed by atoms with Crippen molar-refractivity contribution in [2.45, 2.75) is 19.9 Å². The summed E-state index contributed by atoms with van der Waals surface area (Å²) in [4.78, 5) is 33.7. The first-order valence-electron chi connectivity index (χ1n) is 11.7. The Morgan fingerprint density at radius 3 is 2.71 bits per heavy atom. The molecule has 0 bridgehead atoms. The number of amides is 1. The zero-order chi connectivity index (χ0) is 24.7. The van der Waals surface area contributed by atoms with Crippen LogP contribution in [-0.2, 0) is 14.3 Å². The third-order valence-electron chi connectivity index (χ3n) is 6.83. The summed E-state index contributed by atoms with van der Waals surface area (Å²) in [6.07, 6.45) is 1.72. The fourth-order valence-corrected chi connectivity index (χ4v) is 5.03. The number of carbonyl (C=O) groups is 2. The minimum atomic E-state index is -0.964. The Balaban J connectivity index is 1.63. The zero-order valence-electron chi connectivity index (χ0n) is 19.7. The quantitative estimate of drug-likeness (QED) is 0.322. The van der Waals surface area contributed by atoms with Crippen molar-refractivity contribution >= 4 is 23.1 Å². The minimum Gasteiger partial charge on any atom is -0.871 e. The summed E-state index contributed by atoms with van der Waals surface area (Å²) in [5, 5.41) is 13.9. The Morgan fingerprint density at radius 2 is 1.97 bits per heavy atom. The van der Waals surface area contributed by atoms with Gasteiger partial charge in [0.2, 0.25) is 5.78 Å². The SMILES string of the molecule is Cc1nc2c(C)cccn2c1C([O-])=C1C(=O)C(=O)N(CC[NH+]2CCOCC2)C1c1cccc(F)c1. The topological polar surface area (TPSA) is 91.4 Å². The second-order valence-electron chi connectivity index (χ2n) is 9.07. The predicted octanol–water partition coefficient (Wildman–Crippen LogP) is 0.229. The van der Waals surface area contributed by atoms with E-state index >= 15 is 0 Å². The summed E-state index contributed by atoms with van der Waals surface area (Å²) in [5.41, 5.74) is 2.43. The fourth-order valence-electron chi connectivity index (χ4n) is 5.03. The van der Waals surface area contributed by atoms with Crippen LogP contribution in [0.25, 0.3) is 11.4 Å². The highest BCUT2D eigenvalue weighted by Gasteiger charge is 2.45. The minimum absolute atomic E-state index is 0.163. The number of morpholine rings is 1. The number of halogens is 1. The summed E-state index contributed by atoms with van der Waals surface area (Å²) in [7, 11) is 0. The van der Waals surface area contributed by atoms with Crippen LogP contribution in [-0.4, -0.2) is 65.4 Å². The molecule has 5 rings (SSSR count). The molecular formula is C26H27FN4O4.